The van der Waals surface area contributed by atoms with Gasteiger partial charge in [-0.25, -0.2) is 0 Å². The van der Waals surface area contributed by atoms with Crippen LogP contribution in [0.1, 0.15) is 11.1 Å². The van der Waals surface area contributed by atoms with E-state index in [-0.39, 0.29) is 17.6 Å². The number of aromatic hydroxyl groups is 1. The molecule has 2 fully saturated rings. The third kappa shape index (κ3) is 4.05. The lowest BCUT2D eigenvalue weighted by atomic mass is 9.98. The first-order valence-electron chi connectivity index (χ1n) is 9.78. The summed E-state index contributed by atoms with van der Waals surface area (Å²) < 4.78 is 5.42. The first-order valence-corrected chi connectivity index (χ1v) is 9.78. The molecule has 2 saturated heterocycles. The number of benzene rings is 2. The van der Waals surface area contributed by atoms with Gasteiger partial charge in [0.15, 0.2) is 0 Å². The van der Waals surface area contributed by atoms with E-state index in [9.17, 15) is 14.7 Å². The van der Waals surface area contributed by atoms with Crippen LogP contribution >= 0.6 is 0 Å². The molecular weight excluding hydrogens is 370 g/mol. The van der Waals surface area contributed by atoms with Gasteiger partial charge in [0.2, 0.25) is 11.8 Å². The van der Waals surface area contributed by atoms with Crippen molar-refractivity contribution in [3.63, 3.8) is 0 Å². The molecule has 2 amide bonds. The molecule has 7 nitrogen and oxygen atoms in total. The van der Waals surface area contributed by atoms with Crippen LogP contribution < -0.4 is 10.1 Å². The summed E-state index contributed by atoms with van der Waals surface area (Å²) in [5.41, 5.74) is 1.96. The van der Waals surface area contributed by atoms with Gasteiger partial charge in [0, 0.05) is 38.2 Å². The molecule has 2 aliphatic rings. The van der Waals surface area contributed by atoms with Crippen molar-refractivity contribution in [2.75, 3.05) is 26.7 Å². The minimum atomic E-state index is -0.566. The van der Waals surface area contributed by atoms with Crippen LogP contribution in [0.5, 0.6) is 11.5 Å². The number of amides is 2. The monoisotopic (exact) mass is 395 g/mol. The summed E-state index contributed by atoms with van der Waals surface area (Å²) in [7, 11) is 1.65. The van der Waals surface area contributed by atoms with E-state index in [1.165, 1.54) is 0 Å². The maximum Gasteiger partial charge on any atom is 0.246 e. The Kier molecular flexibility index (Phi) is 5.40. The molecule has 0 radical (unpaired) electrons. The highest BCUT2D eigenvalue weighted by atomic mass is 16.5. The third-order valence-corrected chi connectivity index (χ3v) is 5.63. The fourth-order valence-electron chi connectivity index (χ4n) is 4.08. The number of phenolic OH excluding ortho intramolecular Hbond substituents is 1. The van der Waals surface area contributed by atoms with E-state index >= 15 is 0 Å². The van der Waals surface area contributed by atoms with Gasteiger partial charge in [-0.3, -0.25) is 14.5 Å². The maximum absolute atomic E-state index is 13.0. The number of nitrogens with one attached hydrogen (secondary N) is 1. The fourth-order valence-corrected chi connectivity index (χ4v) is 4.08. The number of piperazine rings is 2. The lowest BCUT2D eigenvalue weighted by Gasteiger charge is -2.45. The SMILES string of the molecule is COc1ccccc1CN1CCN2C(=O)[C@H](Cc3ccc(O)cc3)NC(=O)[C@H]2C1. The Hall–Kier alpha value is -3.06. The first kappa shape index (κ1) is 19.3. The number of carbonyl (C=O) groups is 2. The van der Waals surface area contributed by atoms with Gasteiger partial charge in [-0.1, -0.05) is 30.3 Å². The molecule has 2 N–H and O–H groups in total. The zero-order valence-corrected chi connectivity index (χ0v) is 16.4. The van der Waals surface area contributed by atoms with E-state index in [2.05, 4.69) is 10.2 Å². The van der Waals surface area contributed by atoms with Gasteiger partial charge in [-0.05, 0) is 23.8 Å². The predicted molar refractivity (Wildman–Crippen MR) is 108 cm³/mol. The van der Waals surface area contributed by atoms with E-state index in [0.29, 0.717) is 32.6 Å². The van der Waals surface area contributed by atoms with E-state index in [0.717, 1.165) is 16.9 Å². The molecular formula is C22H25N3O4. The lowest BCUT2D eigenvalue weighted by molar-refractivity contribution is -0.153. The second kappa shape index (κ2) is 8.13. The van der Waals surface area contributed by atoms with Crippen molar-refractivity contribution in [3.8, 4) is 11.5 Å². The van der Waals surface area contributed by atoms with Crippen molar-refractivity contribution in [1.82, 2.24) is 15.1 Å². The summed E-state index contributed by atoms with van der Waals surface area (Å²) in [6.07, 6.45) is 0.416. The Morgan fingerprint density at radius 1 is 1.10 bits per heavy atom. The van der Waals surface area contributed by atoms with Crippen LogP contribution in [0.4, 0.5) is 0 Å². The van der Waals surface area contributed by atoms with Crippen LogP contribution in [0.2, 0.25) is 0 Å². The average molecular weight is 395 g/mol. The van der Waals surface area contributed by atoms with E-state index < -0.39 is 12.1 Å². The number of carbonyl (C=O) groups excluding carboxylic acids is 2. The number of fused-ring (bicyclic) bond motifs is 1. The Morgan fingerprint density at radius 3 is 2.62 bits per heavy atom. The Balaban J connectivity index is 1.42. The van der Waals surface area contributed by atoms with Crippen LogP contribution in [0.25, 0.3) is 0 Å². The number of ether oxygens (including phenoxy) is 1. The Morgan fingerprint density at radius 2 is 1.86 bits per heavy atom. The van der Waals surface area contributed by atoms with Gasteiger partial charge in [-0.15, -0.1) is 0 Å². The number of hydrogen-bond donors (Lipinski definition) is 2. The molecule has 4 rings (SSSR count). The number of para-hydroxylation sites is 1. The molecule has 7 heteroatoms. The van der Waals surface area contributed by atoms with Crippen LogP contribution in [-0.4, -0.2) is 65.5 Å². The molecule has 2 aromatic rings. The Bertz CT molecular complexity index is 899. The maximum atomic E-state index is 13.0. The number of nitrogens with zero attached hydrogens (tertiary/aromatic N) is 2. The predicted octanol–water partition coefficient (Wildman–Crippen LogP) is 1.15. The minimum Gasteiger partial charge on any atom is -0.508 e. The summed E-state index contributed by atoms with van der Waals surface area (Å²) >= 11 is 0. The van der Waals surface area contributed by atoms with Gasteiger partial charge in [-0.2, -0.15) is 0 Å². The topological polar surface area (TPSA) is 82.1 Å². The Labute approximate surface area is 169 Å². The van der Waals surface area contributed by atoms with Crippen LogP contribution in [0.3, 0.4) is 0 Å². The van der Waals surface area contributed by atoms with Gasteiger partial charge in [0.05, 0.1) is 7.11 Å². The standard InChI is InChI=1S/C22H25N3O4/c1-29-20-5-3-2-4-16(20)13-24-10-11-25-19(14-24)21(27)23-18(22(25)28)12-15-6-8-17(26)9-7-15/h2-9,18-19,26H,10-14H2,1H3,(H,23,27)/t18-,19+/m0/s1. The molecule has 0 unspecified atom stereocenters. The molecule has 2 heterocycles. The van der Waals surface area contributed by atoms with Gasteiger partial charge in [0.1, 0.15) is 23.6 Å². The quantitative estimate of drug-likeness (QED) is 0.794. The lowest BCUT2D eigenvalue weighted by Crippen LogP contribution is -2.69. The zero-order chi connectivity index (χ0) is 20.4. The average Bonchev–Trinajstić information content (AvgIpc) is 2.74. The summed E-state index contributed by atoms with van der Waals surface area (Å²) in [6, 6.07) is 13.5. The number of hydrogen-bond acceptors (Lipinski definition) is 5. The smallest absolute Gasteiger partial charge is 0.246 e. The molecule has 2 aromatic carbocycles. The molecule has 2 atom stereocenters. The van der Waals surface area contributed by atoms with Crippen molar-refractivity contribution in [2.45, 2.75) is 25.0 Å². The van der Waals surface area contributed by atoms with Crippen LogP contribution in [-0.2, 0) is 22.6 Å². The third-order valence-electron chi connectivity index (χ3n) is 5.63. The van der Waals surface area contributed by atoms with E-state index in [1.807, 2.05) is 24.3 Å². The van der Waals surface area contributed by atoms with Crippen molar-refractivity contribution in [2.24, 2.45) is 0 Å². The van der Waals surface area contributed by atoms with Crippen molar-refractivity contribution >= 4 is 11.8 Å². The van der Waals surface area contributed by atoms with Gasteiger partial charge < -0.3 is 20.1 Å². The van der Waals surface area contributed by atoms with Crippen molar-refractivity contribution < 1.29 is 19.4 Å². The molecule has 152 valence electrons. The molecule has 29 heavy (non-hydrogen) atoms. The summed E-state index contributed by atoms with van der Waals surface area (Å²) in [5, 5.41) is 12.3. The van der Waals surface area contributed by atoms with Crippen LogP contribution in [0.15, 0.2) is 48.5 Å². The summed E-state index contributed by atoms with van der Waals surface area (Å²) in [5.74, 6) is 0.852. The molecule has 0 spiro atoms. The van der Waals surface area contributed by atoms with Crippen molar-refractivity contribution in [3.05, 3.63) is 59.7 Å². The number of phenols is 1. The second-order valence-corrected chi connectivity index (χ2v) is 7.53. The number of methoxy groups -OCH3 is 1. The minimum absolute atomic E-state index is 0.0420. The molecule has 0 aliphatic carbocycles. The summed E-state index contributed by atoms with van der Waals surface area (Å²) in [4.78, 5) is 29.6. The van der Waals surface area contributed by atoms with E-state index in [4.69, 9.17) is 4.74 Å². The fraction of sp³-hybridized carbons (Fsp3) is 0.364. The molecule has 2 aliphatic heterocycles. The highest BCUT2D eigenvalue weighted by Crippen LogP contribution is 2.23. The summed E-state index contributed by atoms with van der Waals surface area (Å²) in [6.45, 7) is 2.41. The van der Waals surface area contributed by atoms with E-state index in [1.54, 1.807) is 36.3 Å². The first-order chi connectivity index (χ1) is 14.0. The highest BCUT2D eigenvalue weighted by molar-refractivity contribution is 5.97. The molecule has 0 saturated carbocycles. The zero-order valence-electron chi connectivity index (χ0n) is 16.4. The second-order valence-electron chi connectivity index (χ2n) is 7.53. The largest absolute Gasteiger partial charge is 0.508 e. The highest BCUT2D eigenvalue weighted by Gasteiger charge is 2.43. The molecule has 0 aromatic heterocycles. The van der Waals surface area contributed by atoms with Gasteiger partial charge >= 0.3 is 0 Å². The number of rotatable bonds is 5. The normalized spacial score (nSPS) is 22.2. The van der Waals surface area contributed by atoms with Crippen LogP contribution in [0, 0.1) is 0 Å². The molecule has 0 bridgehead atoms. The van der Waals surface area contributed by atoms with Gasteiger partial charge in [0.25, 0.3) is 0 Å². The van der Waals surface area contributed by atoms with Crippen molar-refractivity contribution in [1.29, 1.82) is 0 Å².